The van der Waals surface area contributed by atoms with Gasteiger partial charge in [0.25, 0.3) is 5.91 Å². The number of nitrogens with zero attached hydrogens (tertiary/aromatic N) is 3. The molecule has 2 aromatic carbocycles. The van der Waals surface area contributed by atoms with Crippen LogP contribution in [-0.4, -0.2) is 51.5 Å². The Morgan fingerprint density at radius 3 is 2.60 bits per heavy atom. The van der Waals surface area contributed by atoms with Gasteiger partial charge in [-0.3, -0.25) is 19.3 Å². The van der Waals surface area contributed by atoms with Crippen LogP contribution in [0, 0.1) is 0 Å². The minimum absolute atomic E-state index is 0.121. The summed E-state index contributed by atoms with van der Waals surface area (Å²) in [4.78, 5) is 49.8. The van der Waals surface area contributed by atoms with Crippen molar-refractivity contribution in [1.29, 1.82) is 0 Å². The Balaban J connectivity index is 1.27. The highest BCUT2D eigenvalue weighted by Crippen LogP contribution is 2.36. The largest absolute Gasteiger partial charge is 0.467 e. The minimum Gasteiger partial charge on any atom is -0.467 e. The quantitative estimate of drug-likeness (QED) is 0.365. The summed E-state index contributed by atoms with van der Waals surface area (Å²) >= 11 is 1.30. The first-order valence-corrected chi connectivity index (χ1v) is 14.3. The molecule has 9 nitrogen and oxygen atoms in total. The van der Waals surface area contributed by atoms with Gasteiger partial charge >= 0.3 is 0 Å². The molecule has 0 radical (unpaired) electrons. The molecule has 0 fully saturated rings. The van der Waals surface area contributed by atoms with Gasteiger partial charge in [0.05, 0.1) is 23.7 Å². The molecular weight excluding hydrogens is 526 g/mol. The lowest BCUT2D eigenvalue weighted by atomic mass is 10.1. The third kappa shape index (κ3) is 6.34. The molecule has 40 heavy (non-hydrogen) atoms. The zero-order valence-corrected chi connectivity index (χ0v) is 23.0. The molecule has 3 amide bonds. The summed E-state index contributed by atoms with van der Waals surface area (Å²) in [7, 11) is 0. The number of furan rings is 1. The molecule has 206 valence electrons. The number of benzene rings is 2. The zero-order chi connectivity index (χ0) is 27.9. The molecule has 0 spiro atoms. The van der Waals surface area contributed by atoms with Crippen LogP contribution in [0.25, 0.3) is 0 Å². The summed E-state index contributed by atoms with van der Waals surface area (Å²) in [5.41, 5.74) is 2.60. The molecule has 2 unspecified atom stereocenters. The molecular formula is C30H31N5O4S. The standard InChI is InChI=1S/C30H31N5O4S/c1-2-25(29(38)32-19-21-11-8-18-39-21)40-30-33-23-13-7-6-12-22(23)27-34-28(37)24(35(27)30)14-15-26(36)31-17-16-20-9-4-3-5-10-20/h3-13,18,24-25H,2,14-17,19H2,1H3,(H,31,36)(H,32,38). The average molecular weight is 558 g/mol. The smallest absolute Gasteiger partial charge is 0.270 e. The van der Waals surface area contributed by atoms with E-state index >= 15 is 0 Å². The fraction of sp³-hybridized carbons (Fsp3) is 0.300. The summed E-state index contributed by atoms with van der Waals surface area (Å²) in [6, 6.07) is 20.4. The van der Waals surface area contributed by atoms with Gasteiger partial charge in [0, 0.05) is 18.5 Å². The minimum atomic E-state index is -0.668. The lowest BCUT2D eigenvalue weighted by molar-refractivity contribution is -0.122. The predicted octanol–water partition coefficient (Wildman–Crippen LogP) is 4.21. The number of amides is 3. The number of rotatable bonds is 11. The number of hydrogen-bond acceptors (Lipinski definition) is 7. The molecule has 0 aliphatic carbocycles. The molecule has 0 bridgehead atoms. The molecule has 3 aromatic rings. The molecule has 5 rings (SSSR count). The first-order chi connectivity index (χ1) is 19.5. The number of nitrogens with one attached hydrogen (secondary N) is 2. The van der Waals surface area contributed by atoms with Gasteiger partial charge in [-0.25, -0.2) is 4.99 Å². The van der Waals surface area contributed by atoms with Crippen LogP contribution in [0.5, 0.6) is 0 Å². The van der Waals surface area contributed by atoms with E-state index in [0.29, 0.717) is 35.4 Å². The van der Waals surface area contributed by atoms with Gasteiger partial charge in [0.2, 0.25) is 11.8 Å². The van der Waals surface area contributed by atoms with Crippen LogP contribution in [0.1, 0.15) is 43.1 Å². The van der Waals surface area contributed by atoms with E-state index in [1.807, 2.05) is 61.5 Å². The van der Waals surface area contributed by atoms with Gasteiger partial charge in [0.1, 0.15) is 17.6 Å². The van der Waals surface area contributed by atoms with Crippen molar-refractivity contribution in [3.63, 3.8) is 0 Å². The van der Waals surface area contributed by atoms with E-state index < -0.39 is 11.3 Å². The van der Waals surface area contributed by atoms with E-state index in [1.54, 1.807) is 23.3 Å². The third-order valence-electron chi connectivity index (χ3n) is 6.76. The van der Waals surface area contributed by atoms with Crippen molar-refractivity contribution in [3.8, 4) is 0 Å². The van der Waals surface area contributed by atoms with Crippen molar-refractivity contribution in [2.45, 2.75) is 50.4 Å². The van der Waals surface area contributed by atoms with Crippen LogP contribution < -0.4 is 10.6 Å². The summed E-state index contributed by atoms with van der Waals surface area (Å²) in [5.74, 6) is 0.595. The Morgan fingerprint density at radius 2 is 1.82 bits per heavy atom. The molecule has 0 saturated carbocycles. The topological polar surface area (TPSA) is 116 Å². The van der Waals surface area contributed by atoms with E-state index in [1.165, 1.54) is 11.8 Å². The second-order valence-corrected chi connectivity index (χ2v) is 10.7. The molecule has 1 aromatic heterocycles. The van der Waals surface area contributed by atoms with Gasteiger partial charge in [-0.05, 0) is 49.1 Å². The van der Waals surface area contributed by atoms with Crippen LogP contribution in [0.15, 0.2) is 87.4 Å². The van der Waals surface area contributed by atoms with E-state index in [4.69, 9.17) is 9.41 Å². The Kier molecular flexibility index (Phi) is 8.75. The van der Waals surface area contributed by atoms with Gasteiger partial charge in [-0.1, -0.05) is 61.2 Å². The SMILES string of the molecule is CCC(SC1=Nc2ccccc2C2=NC(=O)C(CCC(=O)NCCc3ccccc3)N12)C(=O)NCc1ccco1. The average Bonchev–Trinajstić information content (AvgIpc) is 3.61. The van der Waals surface area contributed by atoms with Gasteiger partial charge in [0.15, 0.2) is 5.17 Å². The summed E-state index contributed by atoms with van der Waals surface area (Å²) in [5, 5.41) is 5.95. The lowest BCUT2D eigenvalue weighted by Gasteiger charge is -2.32. The summed E-state index contributed by atoms with van der Waals surface area (Å²) < 4.78 is 5.32. The number of carbonyl (C=O) groups is 3. The van der Waals surface area contributed by atoms with Gasteiger partial charge in [-0.2, -0.15) is 4.99 Å². The number of hydrogen-bond donors (Lipinski definition) is 2. The Bertz CT molecular complexity index is 1420. The molecule has 2 aliphatic rings. The Hall–Kier alpha value is -4.18. The molecule has 0 saturated heterocycles. The maximum atomic E-state index is 13.1. The molecule has 3 heterocycles. The van der Waals surface area contributed by atoms with E-state index in [9.17, 15) is 14.4 Å². The first kappa shape index (κ1) is 27.4. The third-order valence-corrected chi connectivity index (χ3v) is 8.09. The number of amidine groups is 2. The monoisotopic (exact) mass is 557 g/mol. The lowest BCUT2D eigenvalue weighted by Crippen LogP contribution is -2.45. The number of aliphatic imine (C=N–C) groups is 2. The van der Waals surface area contributed by atoms with Crippen molar-refractivity contribution in [2.75, 3.05) is 6.54 Å². The van der Waals surface area contributed by atoms with Crippen molar-refractivity contribution in [3.05, 3.63) is 89.9 Å². The molecule has 2 N–H and O–H groups in total. The Morgan fingerprint density at radius 1 is 1.02 bits per heavy atom. The number of carbonyl (C=O) groups excluding carboxylic acids is 3. The summed E-state index contributed by atoms with van der Waals surface area (Å²) in [6.45, 7) is 2.74. The fourth-order valence-electron chi connectivity index (χ4n) is 4.66. The second kappa shape index (κ2) is 12.8. The van der Waals surface area contributed by atoms with Gasteiger partial charge in [-0.15, -0.1) is 0 Å². The summed E-state index contributed by atoms with van der Waals surface area (Å²) in [6.07, 6.45) is 3.31. The highest BCUT2D eigenvalue weighted by molar-refractivity contribution is 8.15. The maximum absolute atomic E-state index is 13.1. The fourth-order valence-corrected chi connectivity index (χ4v) is 5.75. The van der Waals surface area contributed by atoms with E-state index in [-0.39, 0.29) is 37.1 Å². The Labute approximate surface area is 237 Å². The van der Waals surface area contributed by atoms with Crippen LogP contribution in [-0.2, 0) is 27.3 Å². The van der Waals surface area contributed by atoms with Crippen LogP contribution in [0.4, 0.5) is 5.69 Å². The predicted molar refractivity (Wildman–Crippen MR) is 155 cm³/mol. The second-order valence-electron chi connectivity index (χ2n) is 9.51. The number of fused-ring (bicyclic) bond motifs is 3. The first-order valence-electron chi connectivity index (χ1n) is 13.4. The van der Waals surface area contributed by atoms with Crippen molar-refractivity contribution in [1.82, 2.24) is 15.5 Å². The number of thioether (sulfide) groups is 1. The van der Waals surface area contributed by atoms with E-state index in [2.05, 4.69) is 15.6 Å². The molecule has 2 atom stereocenters. The molecule has 10 heteroatoms. The normalized spacial score (nSPS) is 16.5. The highest BCUT2D eigenvalue weighted by Gasteiger charge is 2.42. The van der Waals surface area contributed by atoms with Crippen molar-refractivity contribution >= 4 is 46.2 Å². The van der Waals surface area contributed by atoms with Crippen molar-refractivity contribution in [2.24, 2.45) is 9.98 Å². The van der Waals surface area contributed by atoms with Crippen LogP contribution in [0.2, 0.25) is 0 Å². The van der Waals surface area contributed by atoms with E-state index in [0.717, 1.165) is 17.5 Å². The van der Waals surface area contributed by atoms with Crippen LogP contribution >= 0.6 is 11.8 Å². The van der Waals surface area contributed by atoms with Crippen molar-refractivity contribution < 1.29 is 18.8 Å². The zero-order valence-electron chi connectivity index (χ0n) is 22.2. The molecule has 2 aliphatic heterocycles. The number of para-hydroxylation sites is 1. The highest BCUT2D eigenvalue weighted by atomic mass is 32.2. The van der Waals surface area contributed by atoms with Gasteiger partial charge < -0.3 is 15.1 Å². The van der Waals surface area contributed by atoms with Crippen LogP contribution in [0.3, 0.4) is 0 Å². The maximum Gasteiger partial charge on any atom is 0.270 e.